The van der Waals surface area contributed by atoms with Crippen LogP contribution < -0.4 is 9.80 Å². The topological polar surface area (TPSA) is 8.88 Å². The van der Waals surface area contributed by atoms with Gasteiger partial charge in [0.1, 0.15) is 0 Å². The van der Waals surface area contributed by atoms with Gasteiger partial charge in [0.05, 0.1) is 38.3 Å². The molecule has 0 aromatic carbocycles. The van der Waals surface area contributed by atoms with Crippen LogP contribution in [-0.2, 0) is 0 Å². The number of likely N-dealkylation sites (tertiary alicyclic amines) is 2. The Kier molecular flexibility index (Phi) is 4.81. The van der Waals surface area contributed by atoms with Crippen molar-refractivity contribution in [3.63, 3.8) is 0 Å². The van der Waals surface area contributed by atoms with E-state index in [1.54, 1.807) is 0 Å². The van der Waals surface area contributed by atoms with Gasteiger partial charge in [0.15, 0.2) is 0 Å². The Morgan fingerprint density at radius 1 is 0.632 bits per heavy atom. The van der Waals surface area contributed by atoms with Crippen LogP contribution in [0.3, 0.4) is 0 Å². The van der Waals surface area contributed by atoms with Gasteiger partial charge in [0.25, 0.3) is 0 Å². The van der Waals surface area contributed by atoms with Crippen molar-refractivity contribution in [2.75, 3.05) is 26.2 Å². The standard InChI is InChI=1S/C17H32N2/c1-15-6-5-7-17(14-15)19-12-8-16(9-13-19)18-10-3-2-4-11-18/h15-17H,2-14H2,1H3/p+2/t15-,17-/m0/s1. The largest absolute Gasteiger partial charge is 0.332 e. The zero-order chi connectivity index (χ0) is 13.1. The molecule has 0 amide bonds. The molecule has 19 heavy (non-hydrogen) atoms. The maximum atomic E-state index is 2.47. The highest BCUT2D eigenvalue weighted by Crippen LogP contribution is 2.22. The minimum absolute atomic E-state index is 0.997. The van der Waals surface area contributed by atoms with Crippen molar-refractivity contribution >= 4 is 0 Å². The number of piperidine rings is 2. The van der Waals surface area contributed by atoms with Gasteiger partial charge >= 0.3 is 0 Å². The first-order chi connectivity index (χ1) is 9.33. The summed E-state index contributed by atoms with van der Waals surface area (Å²) in [6.45, 7) is 8.37. The summed E-state index contributed by atoms with van der Waals surface area (Å²) in [6, 6.07) is 2.03. The predicted octanol–water partition coefficient (Wildman–Crippen LogP) is 0.681. The summed E-state index contributed by atoms with van der Waals surface area (Å²) in [7, 11) is 0. The van der Waals surface area contributed by atoms with Crippen LogP contribution in [0.15, 0.2) is 0 Å². The van der Waals surface area contributed by atoms with Gasteiger partial charge in [0.2, 0.25) is 0 Å². The second-order valence-electron chi connectivity index (χ2n) is 7.62. The van der Waals surface area contributed by atoms with E-state index in [0.29, 0.717) is 0 Å². The van der Waals surface area contributed by atoms with E-state index < -0.39 is 0 Å². The normalized spacial score (nSPS) is 42.2. The van der Waals surface area contributed by atoms with Crippen LogP contribution in [0.1, 0.15) is 64.7 Å². The average Bonchev–Trinajstić information content (AvgIpc) is 2.48. The fourth-order valence-electron chi connectivity index (χ4n) is 5.02. The molecule has 2 nitrogen and oxygen atoms in total. The van der Waals surface area contributed by atoms with Crippen LogP contribution in [-0.4, -0.2) is 38.3 Å². The fourth-order valence-corrected chi connectivity index (χ4v) is 5.02. The molecule has 3 rings (SSSR count). The van der Waals surface area contributed by atoms with Crippen LogP contribution in [0.25, 0.3) is 0 Å². The number of nitrogens with one attached hydrogen (secondary N) is 2. The van der Waals surface area contributed by atoms with E-state index in [4.69, 9.17) is 0 Å². The first-order valence-electron chi connectivity index (χ1n) is 9.02. The molecule has 2 saturated heterocycles. The minimum Gasteiger partial charge on any atom is -0.332 e. The Labute approximate surface area is 119 Å². The predicted molar refractivity (Wildman–Crippen MR) is 79.7 cm³/mol. The van der Waals surface area contributed by atoms with Crippen LogP contribution in [0.5, 0.6) is 0 Å². The molecule has 3 aliphatic rings. The third-order valence-corrected chi connectivity index (χ3v) is 6.21. The van der Waals surface area contributed by atoms with E-state index >= 15 is 0 Å². The average molecular weight is 266 g/mol. The van der Waals surface area contributed by atoms with Crippen molar-refractivity contribution in [3.8, 4) is 0 Å². The third-order valence-electron chi connectivity index (χ3n) is 6.21. The monoisotopic (exact) mass is 266 g/mol. The highest BCUT2D eigenvalue weighted by atomic mass is 15.2. The number of quaternary nitrogens is 2. The van der Waals surface area contributed by atoms with Gasteiger partial charge in [-0.3, -0.25) is 0 Å². The number of rotatable bonds is 2. The van der Waals surface area contributed by atoms with Gasteiger partial charge in [-0.15, -0.1) is 0 Å². The summed E-state index contributed by atoms with van der Waals surface area (Å²) < 4.78 is 0. The molecule has 0 unspecified atom stereocenters. The van der Waals surface area contributed by atoms with Crippen LogP contribution in [0, 0.1) is 5.92 Å². The highest BCUT2D eigenvalue weighted by Gasteiger charge is 2.35. The molecule has 0 aromatic heterocycles. The minimum atomic E-state index is 0.997. The lowest BCUT2D eigenvalue weighted by atomic mass is 9.85. The van der Waals surface area contributed by atoms with Crippen molar-refractivity contribution in [2.45, 2.75) is 76.8 Å². The van der Waals surface area contributed by atoms with Gasteiger partial charge in [-0.25, -0.2) is 0 Å². The Balaban J connectivity index is 1.46. The summed E-state index contributed by atoms with van der Waals surface area (Å²) >= 11 is 0. The molecular formula is C17H34N2+2. The van der Waals surface area contributed by atoms with Gasteiger partial charge in [-0.1, -0.05) is 13.3 Å². The van der Waals surface area contributed by atoms with Gasteiger partial charge in [0, 0.05) is 19.3 Å². The van der Waals surface area contributed by atoms with Gasteiger partial charge < -0.3 is 9.80 Å². The first-order valence-corrected chi connectivity index (χ1v) is 9.02. The summed E-state index contributed by atoms with van der Waals surface area (Å²) in [4.78, 5) is 3.93. The molecule has 2 heterocycles. The zero-order valence-electron chi connectivity index (χ0n) is 12.9. The van der Waals surface area contributed by atoms with Crippen LogP contribution in [0.4, 0.5) is 0 Å². The SMILES string of the molecule is C[C@H]1CCC[C@H]([NH+]2CCC([NH+]3CCCCC3)CC2)C1. The van der Waals surface area contributed by atoms with E-state index in [9.17, 15) is 0 Å². The highest BCUT2D eigenvalue weighted by molar-refractivity contribution is 4.71. The van der Waals surface area contributed by atoms with Gasteiger partial charge in [-0.05, 0) is 38.0 Å². The molecule has 1 saturated carbocycles. The van der Waals surface area contributed by atoms with Crippen molar-refractivity contribution in [2.24, 2.45) is 5.92 Å². The molecule has 0 spiro atoms. The number of hydrogen-bond acceptors (Lipinski definition) is 0. The van der Waals surface area contributed by atoms with Crippen molar-refractivity contribution in [1.29, 1.82) is 0 Å². The molecule has 1 aliphatic carbocycles. The number of hydrogen-bond donors (Lipinski definition) is 2. The van der Waals surface area contributed by atoms with Crippen LogP contribution in [0.2, 0.25) is 0 Å². The summed E-state index contributed by atoms with van der Waals surface area (Å²) in [5.41, 5.74) is 0. The Hall–Kier alpha value is -0.0800. The summed E-state index contributed by atoms with van der Waals surface area (Å²) in [6.07, 6.45) is 13.5. The van der Waals surface area contributed by atoms with Crippen molar-refractivity contribution < 1.29 is 9.80 Å². The van der Waals surface area contributed by atoms with Crippen LogP contribution >= 0.6 is 0 Å². The molecule has 0 aromatic rings. The van der Waals surface area contributed by atoms with E-state index in [1.165, 1.54) is 84.0 Å². The van der Waals surface area contributed by atoms with Crippen molar-refractivity contribution in [1.82, 2.24) is 0 Å². The van der Waals surface area contributed by atoms with E-state index in [1.807, 2.05) is 9.80 Å². The molecular weight excluding hydrogens is 232 g/mol. The lowest BCUT2D eigenvalue weighted by Gasteiger charge is -2.40. The third kappa shape index (κ3) is 3.52. The Morgan fingerprint density at radius 2 is 1.32 bits per heavy atom. The molecule has 2 atom stereocenters. The van der Waals surface area contributed by atoms with Crippen molar-refractivity contribution in [3.05, 3.63) is 0 Å². The first kappa shape index (κ1) is 13.9. The smallest absolute Gasteiger partial charge is 0.0983 e. The summed E-state index contributed by atoms with van der Waals surface area (Å²) in [5.74, 6) is 0.997. The molecule has 110 valence electrons. The zero-order valence-corrected chi connectivity index (χ0v) is 12.9. The van der Waals surface area contributed by atoms with E-state index in [2.05, 4.69) is 6.92 Å². The molecule has 3 fully saturated rings. The maximum Gasteiger partial charge on any atom is 0.0983 e. The molecule has 2 heteroatoms. The second-order valence-corrected chi connectivity index (χ2v) is 7.62. The van der Waals surface area contributed by atoms with E-state index in [-0.39, 0.29) is 0 Å². The molecule has 2 aliphatic heterocycles. The molecule has 2 N–H and O–H groups in total. The van der Waals surface area contributed by atoms with Gasteiger partial charge in [-0.2, -0.15) is 0 Å². The summed E-state index contributed by atoms with van der Waals surface area (Å²) in [5, 5.41) is 0. The van der Waals surface area contributed by atoms with E-state index in [0.717, 1.165) is 18.0 Å². The Morgan fingerprint density at radius 3 is 2.00 bits per heavy atom. The second kappa shape index (κ2) is 6.58. The quantitative estimate of drug-likeness (QED) is 0.727. The molecule has 0 radical (unpaired) electrons. The lowest BCUT2D eigenvalue weighted by molar-refractivity contribution is -0.971. The maximum absolute atomic E-state index is 2.47. The fraction of sp³-hybridized carbons (Fsp3) is 1.00. The molecule has 0 bridgehead atoms. The lowest BCUT2D eigenvalue weighted by Crippen LogP contribution is -3.22. The Bertz CT molecular complexity index is 264.